The molecule has 3 aromatic rings. The van der Waals surface area contributed by atoms with Crippen LogP contribution in [0, 0.1) is 5.92 Å². The summed E-state index contributed by atoms with van der Waals surface area (Å²) in [5, 5.41) is 21.2. The molecule has 186 valence electrons. The maximum absolute atomic E-state index is 12.7. The average Bonchev–Trinajstić information content (AvgIpc) is 3.33. The van der Waals surface area contributed by atoms with Gasteiger partial charge >= 0.3 is 18.0 Å². The summed E-state index contributed by atoms with van der Waals surface area (Å²) in [5.74, 6) is -2.75. The van der Waals surface area contributed by atoms with E-state index in [0.717, 1.165) is 17.7 Å². The third kappa shape index (κ3) is 6.81. The van der Waals surface area contributed by atoms with Gasteiger partial charge in [-0.15, -0.1) is 10.2 Å². The largest absolute Gasteiger partial charge is 0.481 e. The molecule has 0 spiro atoms. The van der Waals surface area contributed by atoms with Crippen molar-refractivity contribution in [3.05, 3.63) is 65.5 Å². The number of amides is 1. The van der Waals surface area contributed by atoms with Crippen LogP contribution in [0.1, 0.15) is 54.5 Å². The van der Waals surface area contributed by atoms with E-state index < -0.39 is 18.0 Å². The molecular formula is C24H25F3N4O4. The molecular weight excluding hydrogens is 465 g/mol. The molecule has 1 aromatic heterocycles. The van der Waals surface area contributed by atoms with Crippen LogP contribution in [0.25, 0.3) is 11.5 Å². The molecule has 8 nitrogen and oxygen atoms in total. The second-order valence-electron chi connectivity index (χ2n) is 8.02. The van der Waals surface area contributed by atoms with Crippen LogP contribution in [-0.2, 0) is 11.0 Å². The highest BCUT2D eigenvalue weighted by Gasteiger charge is 2.38. The molecule has 11 heteroatoms. The van der Waals surface area contributed by atoms with Gasteiger partial charge in [-0.2, -0.15) is 13.2 Å². The Hall–Kier alpha value is -3.89. The molecule has 0 radical (unpaired) electrons. The van der Waals surface area contributed by atoms with Crippen LogP contribution in [0.4, 0.5) is 18.9 Å². The van der Waals surface area contributed by atoms with Gasteiger partial charge in [0.25, 0.3) is 5.91 Å². The van der Waals surface area contributed by atoms with Crippen molar-refractivity contribution in [3.8, 4) is 11.5 Å². The first kappa shape index (κ1) is 25.7. The zero-order chi connectivity index (χ0) is 25.6. The normalized spacial score (nSPS) is 13.2. The molecule has 3 N–H and O–H groups in total. The molecule has 1 amide bonds. The van der Waals surface area contributed by atoms with Gasteiger partial charge in [0.1, 0.15) is 0 Å². The van der Waals surface area contributed by atoms with Crippen molar-refractivity contribution in [2.75, 3.05) is 11.9 Å². The molecule has 0 saturated carbocycles. The van der Waals surface area contributed by atoms with Gasteiger partial charge in [0.05, 0.1) is 12.5 Å². The van der Waals surface area contributed by atoms with Crippen molar-refractivity contribution >= 4 is 17.6 Å². The van der Waals surface area contributed by atoms with E-state index in [1.54, 1.807) is 48.5 Å². The molecule has 3 rings (SSSR count). The van der Waals surface area contributed by atoms with Crippen LogP contribution in [0.2, 0.25) is 0 Å². The summed E-state index contributed by atoms with van der Waals surface area (Å²) in [7, 11) is 0. The highest BCUT2D eigenvalue weighted by molar-refractivity contribution is 5.94. The number of hydrogen-bond acceptors (Lipinski definition) is 6. The summed E-state index contributed by atoms with van der Waals surface area (Å²) in [4.78, 5) is 22.7. The molecule has 1 unspecified atom stereocenters. The molecule has 0 aliphatic rings. The molecule has 0 aliphatic heterocycles. The van der Waals surface area contributed by atoms with Crippen molar-refractivity contribution in [2.24, 2.45) is 5.92 Å². The first-order chi connectivity index (χ1) is 16.6. The Morgan fingerprint density at radius 2 is 1.71 bits per heavy atom. The van der Waals surface area contributed by atoms with E-state index in [-0.39, 0.29) is 36.7 Å². The highest BCUT2D eigenvalue weighted by atomic mass is 19.4. The zero-order valence-corrected chi connectivity index (χ0v) is 19.1. The van der Waals surface area contributed by atoms with Gasteiger partial charge in [-0.1, -0.05) is 32.4 Å². The summed E-state index contributed by atoms with van der Waals surface area (Å²) in [6.45, 7) is 4.17. The lowest BCUT2D eigenvalue weighted by Crippen LogP contribution is -2.26. The number of aliphatic carboxylic acids is 1. The van der Waals surface area contributed by atoms with E-state index in [2.05, 4.69) is 34.7 Å². The SMILES string of the molecule is CCC(C)[C@@H](Nc1ccc(C(=O)NCCC(=O)O)cc1)c1ccc(-c2nnc(C(F)(F)F)o2)cc1. The molecule has 35 heavy (non-hydrogen) atoms. The number of carbonyl (C=O) groups excluding carboxylic acids is 1. The van der Waals surface area contributed by atoms with Crippen LogP contribution < -0.4 is 10.6 Å². The predicted molar refractivity (Wildman–Crippen MR) is 122 cm³/mol. The number of carboxylic acid groups (broad SMARTS) is 1. The Morgan fingerprint density at radius 3 is 2.26 bits per heavy atom. The van der Waals surface area contributed by atoms with E-state index in [1.165, 1.54) is 0 Å². The Labute approximate surface area is 199 Å². The number of hydrogen-bond donors (Lipinski definition) is 3. The van der Waals surface area contributed by atoms with Gasteiger partial charge in [-0.05, 0) is 47.9 Å². The van der Waals surface area contributed by atoms with Crippen molar-refractivity contribution < 1.29 is 32.3 Å². The first-order valence-corrected chi connectivity index (χ1v) is 11.0. The average molecular weight is 490 g/mol. The standard InChI is InChI=1S/C24H25F3N4O4/c1-3-14(2)20(29-18-10-8-16(9-11-18)21(34)28-13-12-19(32)33)15-4-6-17(7-5-15)22-30-31-23(35-22)24(25,26)27/h4-11,14,20,29H,3,12-13H2,1-2H3,(H,28,34)(H,32,33)/t14?,20-/m1/s1. The van der Waals surface area contributed by atoms with Crippen LogP contribution >= 0.6 is 0 Å². The number of aromatic nitrogens is 2. The lowest BCUT2D eigenvalue weighted by atomic mass is 9.91. The summed E-state index contributed by atoms with van der Waals surface area (Å²) in [6, 6.07) is 13.5. The number of anilines is 1. The number of alkyl halides is 3. The van der Waals surface area contributed by atoms with Crippen molar-refractivity contribution in [1.82, 2.24) is 15.5 Å². The Kier molecular flexibility index (Phi) is 8.10. The van der Waals surface area contributed by atoms with Crippen molar-refractivity contribution in [3.63, 3.8) is 0 Å². The maximum atomic E-state index is 12.7. The minimum Gasteiger partial charge on any atom is -0.481 e. The summed E-state index contributed by atoms with van der Waals surface area (Å²) >= 11 is 0. The molecule has 2 atom stereocenters. The second-order valence-corrected chi connectivity index (χ2v) is 8.02. The minimum absolute atomic E-state index is 0.0430. The highest BCUT2D eigenvalue weighted by Crippen LogP contribution is 2.32. The van der Waals surface area contributed by atoms with E-state index in [1.807, 2.05) is 0 Å². The van der Waals surface area contributed by atoms with E-state index in [4.69, 9.17) is 9.52 Å². The zero-order valence-electron chi connectivity index (χ0n) is 19.1. The van der Waals surface area contributed by atoms with Gasteiger partial charge in [0.2, 0.25) is 5.89 Å². The van der Waals surface area contributed by atoms with Gasteiger partial charge < -0.3 is 20.2 Å². The van der Waals surface area contributed by atoms with Gasteiger partial charge in [0, 0.05) is 23.4 Å². The fourth-order valence-electron chi connectivity index (χ4n) is 3.36. The van der Waals surface area contributed by atoms with Crippen LogP contribution in [0.15, 0.2) is 52.9 Å². The van der Waals surface area contributed by atoms with Crippen molar-refractivity contribution in [2.45, 2.75) is 38.9 Å². The fourth-order valence-corrected chi connectivity index (χ4v) is 3.36. The van der Waals surface area contributed by atoms with Gasteiger partial charge in [-0.3, -0.25) is 9.59 Å². The lowest BCUT2D eigenvalue weighted by molar-refractivity contribution is -0.157. The van der Waals surface area contributed by atoms with Gasteiger partial charge in [-0.25, -0.2) is 0 Å². The summed E-state index contributed by atoms with van der Waals surface area (Å²) in [6.07, 6.45) is -4.00. The quantitative estimate of drug-likeness (QED) is 0.359. The fraction of sp³-hybridized carbons (Fsp3) is 0.333. The molecule has 0 aliphatic carbocycles. The smallest absolute Gasteiger partial charge is 0.470 e. The molecule has 2 aromatic carbocycles. The number of carbonyl (C=O) groups is 2. The van der Waals surface area contributed by atoms with E-state index in [0.29, 0.717) is 11.1 Å². The number of carboxylic acids is 1. The molecule has 0 saturated heterocycles. The topological polar surface area (TPSA) is 117 Å². The number of nitrogens with one attached hydrogen (secondary N) is 2. The summed E-state index contributed by atoms with van der Waals surface area (Å²) in [5.41, 5.74) is 2.46. The number of nitrogens with zero attached hydrogens (tertiary/aromatic N) is 2. The third-order valence-electron chi connectivity index (χ3n) is 5.49. The van der Waals surface area contributed by atoms with E-state index >= 15 is 0 Å². The Bertz CT molecular complexity index is 1140. The second kappa shape index (κ2) is 11.0. The Morgan fingerprint density at radius 1 is 1.06 bits per heavy atom. The maximum Gasteiger partial charge on any atom is 0.470 e. The van der Waals surface area contributed by atoms with Crippen LogP contribution in [0.3, 0.4) is 0 Å². The molecule has 0 bridgehead atoms. The lowest BCUT2D eigenvalue weighted by Gasteiger charge is -2.26. The predicted octanol–water partition coefficient (Wildman–Crippen LogP) is 5.16. The number of halogens is 3. The van der Waals surface area contributed by atoms with Gasteiger partial charge in [0.15, 0.2) is 0 Å². The monoisotopic (exact) mass is 490 g/mol. The third-order valence-corrected chi connectivity index (χ3v) is 5.49. The van der Waals surface area contributed by atoms with Crippen LogP contribution in [0.5, 0.6) is 0 Å². The van der Waals surface area contributed by atoms with E-state index in [9.17, 15) is 22.8 Å². The molecule has 1 heterocycles. The number of rotatable bonds is 10. The Balaban J connectivity index is 1.72. The minimum atomic E-state index is -4.70. The first-order valence-electron chi connectivity index (χ1n) is 11.0. The van der Waals surface area contributed by atoms with Crippen LogP contribution in [-0.4, -0.2) is 33.7 Å². The van der Waals surface area contributed by atoms with Crippen molar-refractivity contribution in [1.29, 1.82) is 0 Å². The summed E-state index contributed by atoms with van der Waals surface area (Å²) < 4.78 is 42.9. The number of benzene rings is 2. The molecule has 0 fully saturated rings.